The average Bonchev–Trinajstić information content (AvgIpc) is 3.88. The smallest absolute Gasteiger partial charge is 0.324 e. The molecule has 5 aliphatic rings. The van der Waals surface area contributed by atoms with Crippen molar-refractivity contribution in [1.29, 1.82) is 0 Å². The summed E-state index contributed by atoms with van der Waals surface area (Å²) >= 11 is 1.50. The number of fused-ring (bicyclic) bond motifs is 6. The molecule has 0 radical (unpaired) electrons. The summed E-state index contributed by atoms with van der Waals surface area (Å²) in [4.78, 5) is 42.3. The summed E-state index contributed by atoms with van der Waals surface area (Å²) in [5.41, 5.74) is 17.2. The number of hydrazine groups is 1. The molecular weight excluding hydrogens is 717 g/mol. The van der Waals surface area contributed by atoms with Crippen LogP contribution in [0.15, 0.2) is 29.8 Å². The third-order valence-electron chi connectivity index (χ3n) is 12.0. The normalized spacial score (nSPS) is 24.0. The first-order valence-electron chi connectivity index (χ1n) is 19.9. The summed E-state index contributed by atoms with van der Waals surface area (Å²) in [5.74, 6) is 0.188. The number of piperazine rings is 1. The van der Waals surface area contributed by atoms with Gasteiger partial charge >= 0.3 is 5.97 Å². The molecule has 0 spiro atoms. The molecule has 3 atom stereocenters. The van der Waals surface area contributed by atoms with Crippen LogP contribution in [0.25, 0.3) is 33.4 Å². The summed E-state index contributed by atoms with van der Waals surface area (Å²) < 4.78 is 20.9. The van der Waals surface area contributed by atoms with Crippen LogP contribution in [-0.4, -0.2) is 107 Å². The Morgan fingerprint density at radius 2 is 1.87 bits per heavy atom. The molecule has 1 aromatic carbocycles. The van der Waals surface area contributed by atoms with Gasteiger partial charge in [-0.2, -0.15) is 0 Å². The largest absolute Gasteiger partial charge is 0.489 e. The van der Waals surface area contributed by atoms with E-state index in [-0.39, 0.29) is 24.6 Å². The first-order valence-corrected chi connectivity index (χ1v) is 20.7. The first kappa shape index (κ1) is 36.6. The van der Waals surface area contributed by atoms with Gasteiger partial charge < -0.3 is 29.4 Å². The van der Waals surface area contributed by atoms with Crippen molar-refractivity contribution >= 4 is 39.8 Å². The van der Waals surface area contributed by atoms with E-state index in [9.17, 15) is 9.59 Å². The van der Waals surface area contributed by atoms with Crippen molar-refractivity contribution in [3.63, 3.8) is 0 Å². The Labute approximate surface area is 326 Å². The lowest BCUT2D eigenvalue weighted by Crippen LogP contribution is -2.59. The second kappa shape index (κ2) is 14.5. The van der Waals surface area contributed by atoms with Crippen LogP contribution in [0.4, 0.5) is 5.69 Å². The van der Waals surface area contributed by atoms with Gasteiger partial charge in [-0.05, 0) is 62.8 Å². The molecule has 6 bridgehead atoms. The Balaban J connectivity index is 1.20. The van der Waals surface area contributed by atoms with Crippen LogP contribution in [0, 0.1) is 5.41 Å². The molecule has 1 aliphatic carbocycles. The van der Waals surface area contributed by atoms with E-state index in [1.165, 1.54) is 29.2 Å². The number of nitrogens with two attached hydrogens (primary N) is 1. The van der Waals surface area contributed by atoms with E-state index in [1.54, 1.807) is 7.11 Å². The number of esters is 1. The van der Waals surface area contributed by atoms with Crippen molar-refractivity contribution in [2.75, 3.05) is 57.9 Å². The Hall–Kier alpha value is -4.08. The highest BCUT2D eigenvalue weighted by molar-refractivity contribution is 7.10. The second-order valence-electron chi connectivity index (χ2n) is 16.7. The highest BCUT2D eigenvalue weighted by atomic mass is 32.1. The van der Waals surface area contributed by atoms with Crippen LogP contribution in [-0.2, 0) is 38.4 Å². The average molecular weight is 769 g/mol. The Kier molecular flexibility index (Phi) is 9.60. The van der Waals surface area contributed by atoms with Gasteiger partial charge in [-0.1, -0.05) is 13.8 Å². The minimum atomic E-state index is -0.801. The van der Waals surface area contributed by atoms with E-state index in [0.29, 0.717) is 45.4 Å². The van der Waals surface area contributed by atoms with E-state index in [4.69, 9.17) is 29.9 Å². The van der Waals surface area contributed by atoms with Crippen molar-refractivity contribution in [3.8, 4) is 28.3 Å². The summed E-state index contributed by atoms with van der Waals surface area (Å²) in [6, 6.07) is 5.97. The fourth-order valence-electron chi connectivity index (χ4n) is 8.81. The molecule has 7 heterocycles. The molecule has 14 heteroatoms. The van der Waals surface area contributed by atoms with Crippen LogP contribution >= 0.6 is 11.3 Å². The molecule has 3 aromatic heterocycles. The van der Waals surface area contributed by atoms with E-state index in [1.807, 2.05) is 11.6 Å². The zero-order chi connectivity index (χ0) is 38.0. The fraction of sp³-hybridized carbons (Fsp3) is 0.561. The van der Waals surface area contributed by atoms with Gasteiger partial charge in [-0.15, -0.1) is 11.3 Å². The molecule has 3 N–H and O–H groups in total. The lowest BCUT2D eigenvalue weighted by molar-refractivity contribution is -0.154. The molecule has 2 saturated heterocycles. The number of pyridine rings is 1. The molecule has 13 nitrogen and oxygen atoms in total. The number of thiazole rings is 1. The standard InChI is InChI=1S/C41H52N8O5S/c1-24(52-4)36-29(18-27(21-43-36)47-12-10-46(11-13-47)26-7-8-26)37-30-20-41(2,3)23-54-40(51)32-6-5-9-49(45-32)39(50)31(42)19-35-44-33(22-55-35)25-16-28(30)38-34(17-25)53-15-14-48(37)38/h16-18,21-22,24,26,31-32,45H,5-15,19-20,23,42H2,1-4H3/t24-,31-,32-/m0/s1. The number of nitrogens with zero attached hydrogens (tertiary/aromatic N) is 6. The van der Waals surface area contributed by atoms with Crippen LogP contribution in [0.1, 0.15) is 68.8 Å². The summed E-state index contributed by atoms with van der Waals surface area (Å²) in [6.45, 7) is 12.3. The molecular formula is C41H52N8O5S. The number of carbonyl (C=O) groups excluding carboxylic acids is 2. The summed E-state index contributed by atoms with van der Waals surface area (Å²) in [7, 11) is 1.74. The number of benzene rings is 1. The Morgan fingerprint density at radius 3 is 2.65 bits per heavy atom. The van der Waals surface area contributed by atoms with Gasteiger partial charge in [-0.3, -0.25) is 24.5 Å². The third kappa shape index (κ3) is 7.01. The summed E-state index contributed by atoms with van der Waals surface area (Å²) in [5, 5.41) is 5.38. The molecule has 1 saturated carbocycles. The second-order valence-corrected chi connectivity index (χ2v) is 17.6. The molecule has 9 rings (SSSR count). The maximum Gasteiger partial charge on any atom is 0.324 e. The molecule has 0 unspecified atom stereocenters. The lowest BCUT2D eigenvalue weighted by Gasteiger charge is -2.36. The molecule has 4 aromatic rings. The zero-order valence-corrected chi connectivity index (χ0v) is 33.1. The van der Waals surface area contributed by atoms with Gasteiger partial charge in [0.1, 0.15) is 18.4 Å². The van der Waals surface area contributed by atoms with Crippen LogP contribution in [0.3, 0.4) is 0 Å². The molecule has 3 fully saturated rings. The van der Waals surface area contributed by atoms with E-state index >= 15 is 0 Å². The number of nitrogens with one attached hydrogen (secondary N) is 1. The number of rotatable bonds is 5. The predicted octanol–water partition coefficient (Wildman–Crippen LogP) is 4.70. The van der Waals surface area contributed by atoms with E-state index < -0.39 is 17.5 Å². The van der Waals surface area contributed by atoms with Crippen molar-refractivity contribution < 1.29 is 23.8 Å². The number of cyclic esters (lactones) is 1. The number of ether oxygens (including phenoxy) is 3. The van der Waals surface area contributed by atoms with Gasteiger partial charge in [0.25, 0.3) is 5.91 Å². The predicted molar refractivity (Wildman–Crippen MR) is 212 cm³/mol. The van der Waals surface area contributed by atoms with Gasteiger partial charge in [0, 0.05) is 79.6 Å². The minimum Gasteiger partial charge on any atom is -0.489 e. The van der Waals surface area contributed by atoms with Gasteiger partial charge in [0.2, 0.25) is 0 Å². The maximum absolute atomic E-state index is 13.6. The topological polar surface area (TPSA) is 140 Å². The van der Waals surface area contributed by atoms with E-state index in [2.05, 4.69) is 58.8 Å². The van der Waals surface area contributed by atoms with Crippen molar-refractivity contribution in [3.05, 3.63) is 46.0 Å². The monoisotopic (exact) mass is 768 g/mol. The number of hydrogen-bond donors (Lipinski definition) is 2. The van der Waals surface area contributed by atoms with Crippen molar-refractivity contribution in [2.24, 2.45) is 11.1 Å². The van der Waals surface area contributed by atoms with E-state index in [0.717, 1.165) is 93.3 Å². The highest BCUT2D eigenvalue weighted by Gasteiger charge is 2.36. The van der Waals surface area contributed by atoms with Crippen molar-refractivity contribution in [1.82, 2.24) is 29.9 Å². The van der Waals surface area contributed by atoms with Crippen molar-refractivity contribution in [2.45, 2.75) is 90.1 Å². The fourth-order valence-corrected chi connectivity index (χ4v) is 9.67. The Morgan fingerprint density at radius 1 is 1.05 bits per heavy atom. The maximum atomic E-state index is 13.6. The van der Waals surface area contributed by atoms with Gasteiger partial charge in [0.05, 0.1) is 64.8 Å². The lowest BCUT2D eigenvalue weighted by atomic mass is 9.84. The van der Waals surface area contributed by atoms with Crippen LogP contribution in [0.2, 0.25) is 0 Å². The number of aromatic nitrogens is 3. The highest BCUT2D eigenvalue weighted by Crippen LogP contribution is 2.47. The number of hydrogen-bond acceptors (Lipinski definition) is 12. The molecule has 292 valence electrons. The SMILES string of the molecule is CO[C@@H](C)c1ncc(N2CCN(C3CC3)CC2)cc1-c1c2c3cc(cc4c3n1CCO4)-c1csc(n1)C[C@H](N)C(=O)N1CCC[C@H](N1)C(=O)OCC(C)(C)C2. The van der Waals surface area contributed by atoms with Crippen LogP contribution in [0.5, 0.6) is 5.75 Å². The number of amides is 1. The third-order valence-corrected chi connectivity index (χ3v) is 12.9. The summed E-state index contributed by atoms with van der Waals surface area (Å²) in [6.07, 6.45) is 6.58. The number of carbonyl (C=O) groups is 2. The van der Waals surface area contributed by atoms with Crippen LogP contribution < -0.4 is 20.8 Å². The molecule has 4 aliphatic heterocycles. The molecule has 55 heavy (non-hydrogen) atoms. The number of anilines is 1. The zero-order valence-electron chi connectivity index (χ0n) is 32.3. The quantitative estimate of drug-likeness (QED) is 0.273. The first-order chi connectivity index (χ1) is 26.6. The van der Waals surface area contributed by atoms with Gasteiger partial charge in [-0.25, -0.2) is 10.4 Å². The Bertz CT molecular complexity index is 2120. The van der Waals surface area contributed by atoms with Gasteiger partial charge in [0.15, 0.2) is 0 Å². The minimum absolute atomic E-state index is 0.201. The molecule has 1 amide bonds. The number of methoxy groups -OCH3 is 1.